The Morgan fingerprint density at radius 3 is 2.48 bits per heavy atom. The number of benzene rings is 1. The van der Waals surface area contributed by atoms with E-state index in [2.05, 4.69) is 5.32 Å². The van der Waals surface area contributed by atoms with E-state index in [9.17, 15) is 13.2 Å². The zero-order chi connectivity index (χ0) is 14.9. The molecule has 2 aliphatic rings. The topological polar surface area (TPSA) is 21.3 Å². The van der Waals surface area contributed by atoms with Crippen LogP contribution in [0.25, 0.3) is 0 Å². The summed E-state index contributed by atoms with van der Waals surface area (Å²) in [6, 6.07) is 1.53. The summed E-state index contributed by atoms with van der Waals surface area (Å²) in [5.41, 5.74) is -0.0739. The molecule has 116 valence electrons. The van der Waals surface area contributed by atoms with Gasteiger partial charge in [-0.25, -0.2) is 13.2 Å². The largest absolute Gasteiger partial charge is 0.380 e. The van der Waals surface area contributed by atoms with Crippen LogP contribution in [-0.4, -0.2) is 18.2 Å². The highest BCUT2D eigenvalue weighted by molar-refractivity contribution is 5.46. The van der Waals surface area contributed by atoms with Gasteiger partial charge in [0.15, 0.2) is 11.6 Å². The van der Waals surface area contributed by atoms with Gasteiger partial charge in [0.25, 0.3) is 0 Å². The standard InChI is InChI=1S/C16H20F3NO/c17-12-8-14(19)15(9-13(12)18)20-11-4-7-21-16(10-11)5-2-1-3-6-16/h8-9,11,20H,1-7,10H2. The molecule has 1 aliphatic carbocycles. The van der Waals surface area contributed by atoms with Crippen molar-refractivity contribution in [1.82, 2.24) is 0 Å². The molecular weight excluding hydrogens is 279 g/mol. The van der Waals surface area contributed by atoms with Gasteiger partial charge in [0.1, 0.15) is 5.82 Å². The van der Waals surface area contributed by atoms with Crippen molar-refractivity contribution in [2.24, 2.45) is 0 Å². The maximum Gasteiger partial charge on any atom is 0.161 e. The molecule has 1 unspecified atom stereocenters. The maximum atomic E-state index is 13.7. The van der Waals surface area contributed by atoms with Crippen LogP contribution in [0.1, 0.15) is 44.9 Å². The van der Waals surface area contributed by atoms with Gasteiger partial charge in [-0.15, -0.1) is 0 Å². The van der Waals surface area contributed by atoms with Crippen molar-refractivity contribution in [3.8, 4) is 0 Å². The van der Waals surface area contributed by atoms with Crippen LogP contribution >= 0.6 is 0 Å². The summed E-state index contributed by atoms with van der Waals surface area (Å²) in [6.07, 6.45) is 7.17. The van der Waals surface area contributed by atoms with E-state index in [1.165, 1.54) is 6.42 Å². The number of halogens is 3. The zero-order valence-corrected chi connectivity index (χ0v) is 11.9. The Morgan fingerprint density at radius 2 is 1.71 bits per heavy atom. The lowest BCUT2D eigenvalue weighted by Crippen LogP contribution is -2.45. The Labute approximate surface area is 122 Å². The highest BCUT2D eigenvalue weighted by Gasteiger charge is 2.38. The smallest absolute Gasteiger partial charge is 0.161 e. The summed E-state index contributed by atoms with van der Waals surface area (Å²) in [6.45, 7) is 0.628. The second-order valence-corrected chi connectivity index (χ2v) is 6.17. The van der Waals surface area contributed by atoms with Gasteiger partial charge in [-0.1, -0.05) is 19.3 Å². The molecule has 2 fully saturated rings. The van der Waals surface area contributed by atoms with E-state index in [0.717, 1.165) is 44.6 Å². The Bertz CT molecular complexity index is 509. The molecule has 3 rings (SSSR count). The van der Waals surface area contributed by atoms with E-state index < -0.39 is 17.5 Å². The molecule has 0 radical (unpaired) electrons. The number of hydrogen-bond donors (Lipinski definition) is 1. The van der Waals surface area contributed by atoms with Crippen LogP contribution < -0.4 is 5.32 Å². The second kappa shape index (κ2) is 5.87. The summed E-state index contributed by atoms with van der Waals surface area (Å²) in [5, 5.41) is 3.03. The van der Waals surface area contributed by atoms with Crippen molar-refractivity contribution in [1.29, 1.82) is 0 Å². The summed E-state index contributed by atoms with van der Waals surface area (Å²) < 4.78 is 45.9. The second-order valence-electron chi connectivity index (χ2n) is 6.17. The van der Waals surface area contributed by atoms with Gasteiger partial charge < -0.3 is 10.1 Å². The third-order valence-corrected chi connectivity index (χ3v) is 4.63. The zero-order valence-electron chi connectivity index (χ0n) is 11.9. The molecule has 1 N–H and O–H groups in total. The summed E-state index contributed by atoms with van der Waals surface area (Å²) in [7, 11) is 0. The number of rotatable bonds is 2. The van der Waals surface area contributed by atoms with Crippen molar-refractivity contribution in [2.45, 2.75) is 56.6 Å². The van der Waals surface area contributed by atoms with Crippen molar-refractivity contribution in [2.75, 3.05) is 11.9 Å². The van der Waals surface area contributed by atoms with Gasteiger partial charge in [0.05, 0.1) is 11.3 Å². The first kappa shape index (κ1) is 14.7. The molecule has 1 atom stereocenters. The maximum absolute atomic E-state index is 13.7. The Kier molecular flexibility index (Phi) is 4.11. The minimum Gasteiger partial charge on any atom is -0.380 e. The van der Waals surface area contributed by atoms with Crippen molar-refractivity contribution in [3.05, 3.63) is 29.6 Å². The molecule has 1 spiro atoms. The van der Waals surface area contributed by atoms with Crippen LogP contribution in [-0.2, 0) is 4.74 Å². The highest BCUT2D eigenvalue weighted by Crippen LogP contribution is 2.39. The highest BCUT2D eigenvalue weighted by atomic mass is 19.2. The lowest BCUT2D eigenvalue weighted by atomic mass is 9.78. The molecule has 21 heavy (non-hydrogen) atoms. The van der Waals surface area contributed by atoms with Crippen LogP contribution in [0.4, 0.5) is 18.9 Å². The van der Waals surface area contributed by atoms with Crippen molar-refractivity contribution in [3.63, 3.8) is 0 Å². The first-order valence-electron chi connectivity index (χ1n) is 7.63. The monoisotopic (exact) mass is 299 g/mol. The molecule has 1 aromatic rings. The molecule has 0 amide bonds. The number of ether oxygens (including phenoxy) is 1. The van der Waals surface area contributed by atoms with E-state index in [0.29, 0.717) is 12.7 Å². The lowest BCUT2D eigenvalue weighted by molar-refractivity contribution is -0.103. The van der Waals surface area contributed by atoms with Crippen molar-refractivity contribution >= 4 is 5.69 Å². The minimum absolute atomic E-state index is 0.0340. The average Bonchev–Trinajstić information content (AvgIpc) is 2.46. The summed E-state index contributed by atoms with van der Waals surface area (Å²) in [5.74, 6) is -2.94. The molecule has 2 nitrogen and oxygen atoms in total. The molecule has 0 bridgehead atoms. The SMILES string of the molecule is Fc1cc(F)c(NC2CCOC3(CCCCC3)C2)cc1F. The third-order valence-electron chi connectivity index (χ3n) is 4.63. The van der Waals surface area contributed by atoms with Crippen molar-refractivity contribution < 1.29 is 17.9 Å². The predicted molar refractivity (Wildman–Crippen MR) is 74.7 cm³/mol. The molecule has 0 aromatic heterocycles. The molecular formula is C16H20F3NO. The van der Waals surface area contributed by atoms with Crippen LogP contribution in [0.15, 0.2) is 12.1 Å². The Morgan fingerprint density at radius 1 is 1.00 bits per heavy atom. The van der Waals surface area contributed by atoms with E-state index >= 15 is 0 Å². The Hall–Kier alpha value is -1.23. The first-order chi connectivity index (χ1) is 10.1. The molecule has 1 aromatic carbocycles. The molecule has 1 aliphatic heterocycles. The molecule has 1 saturated carbocycles. The average molecular weight is 299 g/mol. The lowest BCUT2D eigenvalue weighted by Gasteiger charge is -2.44. The Balaban J connectivity index is 1.71. The summed E-state index contributed by atoms with van der Waals surface area (Å²) in [4.78, 5) is 0. The molecule has 1 saturated heterocycles. The van der Waals surface area contributed by atoms with Gasteiger partial charge >= 0.3 is 0 Å². The fourth-order valence-corrected chi connectivity index (χ4v) is 3.55. The fourth-order valence-electron chi connectivity index (χ4n) is 3.55. The first-order valence-corrected chi connectivity index (χ1v) is 7.63. The van der Waals surface area contributed by atoms with Gasteiger partial charge in [-0.3, -0.25) is 0 Å². The minimum atomic E-state index is -1.16. The van der Waals surface area contributed by atoms with E-state index in [-0.39, 0.29) is 17.3 Å². The predicted octanol–water partition coefficient (Wildman–Crippen LogP) is 4.40. The van der Waals surface area contributed by atoms with Gasteiger partial charge in [0.2, 0.25) is 0 Å². The normalized spacial score (nSPS) is 25.0. The van der Waals surface area contributed by atoms with Crippen LogP contribution in [0, 0.1) is 17.5 Å². The number of hydrogen-bond acceptors (Lipinski definition) is 2. The number of anilines is 1. The molecule has 5 heteroatoms. The van der Waals surface area contributed by atoms with Gasteiger partial charge in [-0.05, 0) is 25.7 Å². The van der Waals surface area contributed by atoms with Crippen LogP contribution in [0.3, 0.4) is 0 Å². The molecule has 1 heterocycles. The van der Waals surface area contributed by atoms with E-state index in [1.54, 1.807) is 0 Å². The van der Waals surface area contributed by atoms with E-state index in [1.807, 2.05) is 0 Å². The summed E-state index contributed by atoms with van der Waals surface area (Å²) >= 11 is 0. The van der Waals surface area contributed by atoms with Gasteiger partial charge in [-0.2, -0.15) is 0 Å². The van der Waals surface area contributed by atoms with E-state index in [4.69, 9.17) is 4.74 Å². The van der Waals surface area contributed by atoms with Crippen LogP contribution in [0.5, 0.6) is 0 Å². The number of nitrogens with one attached hydrogen (secondary N) is 1. The van der Waals surface area contributed by atoms with Gasteiger partial charge in [0, 0.05) is 24.8 Å². The third kappa shape index (κ3) is 3.18. The van der Waals surface area contributed by atoms with Crippen LogP contribution in [0.2, 0.25) is 0 Å². The fraction of sp³-hybridized carbons (Fsp3) is 0.625. The quantitative estimate of drug-likeness (QED) is 0.817.